The van der Waals surface area contributed by atoms with Crippen molar-refractivity contribution in [3.8, 4) is 0 Å². The van der Waals surface area contributed by atoms with Gasteiger partial charge in [0.05, 0.1) is 4.92 Å². The van der Waals surface area contributed by atoms with Crippen molar-refractivity contribution in [2.45, 2.75) is 26.3 Å². The van der Waals surface area contributed by atoms with Gasteiger partial charge in [-0.3, -0.25) is 19.7 Å². The lowest BCUT2D eigenvalue weighted by atomic mass is 10.1. The van der Waals surface area contributed by atoms with Crippen molar-refractivity contribution in [2.24, 2.45) is 0 Å². The average Bonchev–Trinajstić information content (AvgIpc) is 2.83. The van der Waals surface area contributed by atoms with Crippen molar-refractivity contribution < 1.29 is 14.5 Å². The number of anilines is 1. The summed E-state index contributed by atoms with van der Waals surface area (Å²) in [4.78, 5) is 40.6. The molecule has 1 fully saturated rings. The molecule has 0 aliphatic carbocycles. The van der Waals surface area contributed by atoms with Crippen LogP contribution < -0.4 is 10.2 Å². The van der Waals surface area contributed by atoms with Gasteiger partial charge in [-0.2, -0.15) is 11.8 Å². The summed E-state index contributed by atoms with van der Waals surface area (Å²) in [6, 6.07) is 11.1. The number of aryl methyl sites for hydroxylation is 1. The molecular weight excluding hydrogens is 440 g/mol. The smallest absolute Gasteiger partial charge is 0.270 e. The largest absolute Gasteiger partial charge is 0.368 e. The molecule has 1 saturated heterocycles. The lowest BCUT2D eigenvalue weighted by molar-refractivity contribution is -0.384. The highest BCUT2D eigenvalue weighted by molar-refractivity contribution is 7.98. The minimum Gasteiger partial charge on any atom is -0.368 e. The van der Waals surface area contributed by atoms with Gasteiger partial charge in [0.25, 0.3) is 11.6 Å². The number of non-ortho nitro benzene ring substituents is 1. The zero-order valence-corrected chi connectivity index (χ0v) is 20.1. The van der Waals surface area contributed by atoms with Crippen LogP contribution >= 0.6 is 11.8 Å². The fourth-order valence-electron chi connectivity index (χ4n) is 3.96. The third-order valence-electron chi connectivity index (χ3n) is 6.04. The van der Waals surface area contributed by atoms with Crippen LogP contribution in [0.5, 0.6) is 0 Å². The predicted molar refractivity (Wildman–Crippen MR) is 132 cm³/mol. The number of hydrogen-bond acceptors (Lipinski definition) is 6. The van der Waals surface area contributed by atoms with Crippen molar-refractivity contribution in [1.29, 1.82) is 0 Å². The van der Waals surface area contributed by atoms with Crippen LogP contribution in [0.3, 0.4) is 0 Å². The Labute approximate surface area is 198 Å². The number of nitro benzene ring substituents is 1. The number of rotatable bonds is 8. The maximum absolute atomic E-state index is 13.3. The highest BCUT2D eigenvalue weighted by Gasteiger charge is 2.29. The van der Waals surface area contributed by atoms with Crippen LogP contribution in [0.15, 0.2) is 42.5 Å². The van der Waals surface area contributed by atoms with E-state index in [0.29, 0.717) is 25.3 Å². The van der Waals surface area contributed by atoms with Crippen molar-refractivity contribution in [2.75, 3.05) is 43.1 Å². The number of amides is 2. The summed E-state index contributed by atoms with van der Waals surface area (Å²) < 4.78 is 0. The van der Waals surface area contributed by atoms with E-state index in [4.69, 9.17) is 0 Å². The minimum atomic E-state index is -0.670. The van der Waals surface area contributed by atoms with Gasteiger partial charge in [0.15, 0.2) is 0 Å². The molecule has 3 rings (SSSR count). The summed E-state index contributed by atoms with van der Waals surface area (Å²) in [6.07, 6.45) is 2.45. The maximum Gasteiger partial charge on any atom is 0.270 e. The molecule has 0 radical (unpaired) electrons. The molecule has 1 aliphatic heterocycles. The van der Waals surface area contributed by atoms with Crippen LogP contribution in [0.25, 0.3) is 0 Å². The van der Waals surface area contributed by atoms with Crippen molar-refractivity contribution in [3.05, 3.63) is 69.3 Å². The first-order chi connectivity index (χ1) is 15.8. The Kier molecular flexibility index (Phi) is 8.32. The first-order valence-electron chi connectivity index (χ1n) is 11.0. The van der Waals surface area contributed by atoms with Crippen LogP contribution in [0.1, 0.15) is 27.9 Å². The van der Waals surface area contributed by atoms with Gasteiger partial charge in [0.1, 0.15) is 6.04 Å². The van der Waals surface area contributed by atoms with Crippen molar-refractivity contribution in [3.63, 3.8) is 0 Å². The third kappa shape index (κ3) is 6.04. The molecule has 0 spiro atoms. The molecule has 1 unspecified atom stereocenters. The summed E-state index contributed by atoms with van der Waals surface area (Å²) in [5.41, 5.74) is 3.70. The van der Waals surface area contributed by atoms with Gasteiger partial charge in [-0.1, -0.05) is 18.2 Å². The van der Waals surface area contributed by atoms with E-state index in [0.717, 1.165) is 13.1 Å². The summed E-state index contributed by atoms with van der Waals surface area (Å²) in [6.45, 7) is 6.82. The number of thioether (sulfide) groups is 1. The van der Waals surface area contributed by atoms with Gasteiger partial charge in [-0.05, 0) is 55.5 Å². The zero-order chi connectivity index (χ0) is 24.0. The molecule has 0 aromatic heterocycles. The molecule has 176 valence electrons. The molecular formula is C24H30N4O4S. The van der Waals surface area contributed by atoms with Crippen LogP contribution in [-0.2, 0) is 4.79 Å². The van der Waals surface area contributed by atoms with E-state index < -0.39 is 16.9 Å². The SMILES string of the molecule is CSCCC(NC(=O)c1cccc([N+](=O)[O-])c1)C(=O)N1CCN(c2cccc(C)c2C)CC1. The van der Waals surface area contributed by atoms with Crippen molar-refractivity contribution in [1.82, 2.24) is 10.2 Å². The first-order valence-corrected chi connectivity index (χ1v) is 12.4. The second kappa shape index (κ2) is 11.2. The minimum absolute atomic E-state index is 0.108. The Morgan fingerprint density at radius 3 is 2.48 bits per heavy atom. The third-order valence-corrected chi connectivity index (χ3v) is 6.69. The fraction of sp³-hybridized carbons (Fsp3) is 0.417. The summed E-state index contributed by atoms with van der Waals surface area (Å²) in [7, 11) is 0. The van der Waals surface area contributed by atoms with Gasteiger partial charge in [-0.15, -0.1) is 0 Å². The number of hydrogen-bond donors (Lipinski definition) is 1. The Morgan fingerprint density at radius 1 is 1.12 bits per heavy atom. The van der Waals surface area contributed by atoms with Crippen LogP contribution in [0.2, 0.25) is 0 Å². The van der Waals surface area contributed by atoms with E-state index in [1.807, 2.05) is 6.26 Å². The second-order valence-electron chi connectivity index (χ2n) is 8.15. The number of carbonyl (C=O) groups is 2. The number of piperazine rings is 1. The van der Waals surface area contributed by atoms with Gasteiger partial charge >= 0.3 is 0 Å². The number of benzene rings is 2. The monoisotopic (exact) mass is 470 g/mol. The molecule has 1 atom stereocenters. The Morgan fingerprint density at radius 2 is 1.82 bits per heavy atom. The van der Waals surface area contributed by atoms with Gasteiger partial charge < -0.3 is 15.1 Å². The van der Waals surface area contributed by atoms with Crippen molar-refractivity contribution >= 4 is 35.0 Å². The molecule has 8 nitrogen and oxygen atoms in total. The van der Waals surface area contributed by atoms with E-state index in [1.165, 1.54) is 41.1 Å². The highest BCUT2D eigenvalue weighted by Crippen LogP contribution is 2.24. The summed E-state index contributed by atoms with van der Waals surface area (Å²) in [5.74, 6) is 0.129. The van der Waals surface area contributed by atoms with Crippen LogP contribution in [-0.4, -0.2) is 65.9 Å². The van der Waals surface area contributed by atoms with E-state index in [2.05, 4.69) is 42.3 Å². The second-order valence-corrected chi connectivity index (χ2v) is 9.13. The molecule has 1 heterocycles. The van der Waals surface area contributed by atoms with Gasteiger partial charge in [0.2, 0.25) is 5.91 Å². The number of nitrogens with zero attached hydrogens (tertiary/aromatic N) is 3. The number of nitrogens with one attached hydrogen (secondary N) is 1. The quantitative estimate of drug-likeness (QED) is 0.469. The number of carbonyl (C=O) groups excluding carboxylic acids is 2. The fourth-order valence-corrected chi connectivity index (χ4v) is 4.43. The van der Waals surface area contributed by atoms with Crippen LogP contribution in [0, 0.1) is 24.0 Å². The topological polar surface area (TPSA) is 95.8 Å². The lowest BCUT2D eigenvalue weighted by Gasteiger charge is -2.38. The molecule has 9 heteroatoms. The molecule has 2 amide bonds. The highest BCUT2D eigenvalue weighted by atomic mass is 32.2. The average molecular weight is 471 g/mol. The molecule has 1 aliphatic rings. The first kappa shape index (κ1) is 24.6. The maximum atomic E-state index is 13.3. The van der Waals surface area contributed by atoms with Crippen LogP contribution in [0.4, 0.5) is 11.4 Å². The summed E-state index contributed by atoms with van der Waals surface area (Å²) >= 11 is 1.60. The summed E-state index contributed by atoms with van der Waals surface area (Å²) in [5, 5.41) is 13.8. The van der Waals surface area contributed by atoms with E-state index in [9.17, 15) is 19.7 Å². The molecule has 0 saturated carbocycles. The lowest BCUT2D eigenvalue weighted by Crippen LogP contribution is -2.55. The van der Waals surface area contributed by atoms with Gasteiger partial charge in [-0.25, -0.2) is 0 Å². The standard InChI is InChI=1S/C24H30N4O4S/c1-17-6-4-9-22(18(17)2)26-11-13-27(14-12-26)24(30)21(10-15-33-3)25-23(29)19-7-5-8-20(16-19)28(31)32/h4-9,16,21H,10-15H2,1-3H3,(H,25,29). The Hall–Kier alpha value is -3.07. The molecule has 2 aromatic carbocycles. The Balaban J connectivity index is 1.67. The van der Waals surface area contributed by atoms with E-state index in [-0.39, 0.29) is 17.2 Å². The zero-order valence-electron chi connectivity index (χ0n) is 19.2. The van der Waals surface area contributed by atoms with E-state index in [1.54, 1.807) is 16.7 Å². The molecule has 33 heavy (non-hydrogen) atoms. The van der Waals surface area contributed by atoms with Gasteiger partial charge in [0, 0.05) is 49.6 Å². The molecule has 1 N–H and O–H groups in total. The molecule has 0 bridgehead atoms. The van der Waals surface area contributed by atoms with E-state index >= 15 is 0 Å². The predicted octanol–water partition coefficient (Wildman–Crippen LogP) is 3.41. The normalized spacial score (nSPS) is 14.6. The Bertz CT molecular complexity index is 1020. The number of nitro groups is 1. The molecule has 2 aromatic rings.